The van der Waals surface area contributed by atoms with E-state index in [9.17, 15) is 4.79 Å². The number of nitrogens with zero attached hydrogens (tertiary/aromatic N) is 3. The number of amides is 1. The molecule has 0 bridgehead atoms. The molecule has 0 fully saturated rings. The summed E-state index contributed by atoms with van der Waals surface area (Å²) < 4.78 is 0. The second-order valence-corrected chi connectivity index (χ2v) is 4.70. The van der Waals surface area contributed by atoms with Gasteiger partial charge in [-0.1, -0.05) is 18.2 Å². The number of hydrogen-bond acceptors (Lipinski definition) is 4. The zero-order chi connectivity index (χ0) is 16.7. The Morgan fingerprint density at radius 2 is 1.65 bits per heavy atom. The summed E-state index contributed by atoms with van der Waals surface area (Å²) in [5.74, 6) is -0.0950. The third kappa shape index (κ3) is 3.96. The fraction of sp³-hybridized carbons (Fsp3) is 0.0556. The van der Waals surface area contributed by atoms with Crippen molar-refractivity contribution < 1.29 is 4.79 Å². The van der Waals surface area contributed by atoms with Crippen LogP contribution in [0.5, 0.6) is 0 Å². The zero-order valence-corrected chi connectivity index (χ0v) is 12.5. The molecule has 0 unspecified atom stereocenters. The van der Waals surface area contributed by atoms with Gasteiger partial charge in [0, 0.05) is 30.2 Å². The van der Waals surface area contributed by atoms with Crippen molar-refractivity contribution in [2.75, 3.05) is 17.3 Å². The van der Waals surface area contributed by atoms with Gasteiger partial charge in [0.1, 0.15) is 17.7 Å². The minimum absolute atomic E-state index is 0.00884. The minimum atomic E-state index is -0.0950. The molecule has 0 saturated carbocycles. The average Bonchev–Trinajstić information content (AvgIpc) is 2.62. The van der Waals surface area contributed by atoms with Crippen LogP contribution in [0.3, 0.4) is 0 Å². The molecule has 0 radical (unpaired) electrons. The molecule has 0 aliphatic carbocycles. The zero-order valence-electron chi connectivity index (χ0n) is 12.5. The van der Waals surface area contributed by atoms with Crippen molar-refractivity contribution in [2.24, 2.45) is 0 Å². The number of anilines is 2. The largest absolute Gasteiger partial charge is 0.360 e. The standard InChI is InChI=1S/C18H14N4O/c1-22(18(23)15-5-3-2-4-6-15)17-9-7-16(8-10-17)21-13-14(11-19)12-20/h2-10,13,21H,1H3. The molecule has 0 atom stereocenters. The maximum Gasteiger partial charge on any atom is 0.258 e. The van der Waals surface area contributed by atoms with Crippen LogP contribution in [-0.2, 0) is 0 Å². The Labute approximate surface area is 134 Å². The lowest BCUT2D eigenvalue weighted by molar-refractivity contribution is 0.0993. The molecule has 0 aromatic heterocycles. The predicted octanol–water partition coefficient (Wildman–Crippen LogP) is 3.31. The molecule has 0 spiro atoms. The van der Waals surface area contributed by atoms with E-state index in [4.69, 9.17) is 10.5 Å². The van der Waals surface area contributed by atoms with E-state index in [1.807, 2.05) is 18.2 Å². The van der Waals surface area contributed by atoms with Gasteiger partial charge < -0.3 is 10.2 Å². The van der Waals surface area contributed by atoms with Crippen LogP contribution in [0.2, 0.25) is 0 Å². The van der Waals surface area contributed by atoms with Crippen LogP contribution in [0.15, 0.2) is 66.4 Å². The second-order valence-electron chi connectivity index (χ2n) is 4.70. The first kappa shape index (κ1) is 15.8. The number of allylic oxidation sites excluding steroid dienone is 1. The minimum Gasteiger partial charge on any atom is -0.360 e. The van der Waals surface area contributed by atoms with E-state index in [2.05, 4.69) is 5.32 Å². The van der Waals surface area contributed by atoms with Crippen LogP contribution in [0.1, 0.15) is 10.4 Å². The van der Waals surface area contributed by atoms with Gasteiger partial charge in [0.25, 0.3) is 5.91 Å². The number of nitrogens with one attached hydrogen (secondary N) is 1. The Morgan fingerprint density at radius 1 is 1.04 bits per heavy atom. The normalized spacial score (nSPS) is 9.17. The molecular weight excluding hydrogens is 288 g/mol. The third-order valence-electron chi connectivity index (χ3n) is 3.20. The number of nitriles is 2. The fourth-order valence-corrected chi connectivity index (χ4v) is 1.92. The second kappa shape index (κ2) is 7.44. The van der Waals surface area contributed by atoms with E-state index in [0.717, 1.165) is 11.4 Å². The van der Waals surface area contributed by atoms with Gasteiger partial charge in [-0.3, -0.25) is 4.79 Å². The molecule has 5 nitrogen and oxygen atoms in total. The molecule has 0 aliphatic heterocycles. The maximum absolute atomic E-state index is 12.4. The molecular formula is C18H14N4O. The van der Waals surface area contributed by atoms with Crippen molar-refractivity contribution in [3.05, 3.63) is 71.9 Å². The van der Waals surface area contributed by atoms with Gasteiger partial charge in [0.2, 0.25) is 0 Å². The molecule has 2 rings (SSSR count). The van der Waals surface area contributed by atoms with Gasteiger partial charge in [-0.25, -0.2) is 0 Å². The quantitative estimate of drug-likeness (QED) is 0.879. The average molecular weight is 302 g/mol. The summed E-state index contributed by atoms with van der Waals surface area (Å²) in [5.41, 5.74) is 2.07. The fourth-order valence-electron chi connectivity index (χ4n) is 1.92. The highest BCUT2D eigenvalue weighted by atomic mass is 16.2. The number of carbonyl (C=O) groups is 1. The molecule has 5 heteroatoms. The lowest BCUT2D eigenvalue weighted by Crippen LogP contribution is -2.26. The highest BCUT2D eigenvalue weighted by molar-refractivity contribution is 6.05. The van der Waals surface area contributed by atoms with Gasteiger partial charge in [-0.05, 0) is 36.4 Å². The summed E-state index contributed by atoms with van der Waals surface area (Å²) in [7, 11) is 1.71. The lowest BCUT2D eigenvalue weighted by Gasteiger charge is -2.17. The first-order chi connectivity index (χ1) is 11.2. The van der Waals surface area contributed by atoms with Gasteiger partial charge in [0.15, 0.2) is 0 Å². The molecule has 1 N–H and O–H groups in total. The Kier molecular flexibility index (Phi) is 5.12. The molecule has 2 aromatic carbocycles. The van der Waals surface area contributed by atoms with Gasteiger partial charge >= 0.3 is 0 Å². The van der Waals surface area contributed by atoms with Crippen LogP contribution in [0.25, 0.3) is 0 Å². The van der Waals surface area contributed by atoms with E-state index in [1.54, 1.807) is 60.5 Å². The number of benzene rings is 2. The van der Waals surface area contributed by atoms with Crippen molar-refractivity contribution in [3.8, 4) is 12.1 Å². The Bertz CT molecular complexity index is 780. The number of carbonyl (C=O) groups excluding carboxylic acids is 1. The van der Waals surface area contributed by atoms with Crippen LogP contribution in [0, 0.1) is 22.7 Å². The van der Waals surface area contributed by atoms with Crippen molar-refractivity contribution in [2.45, 2.75) is 0 Å². The summed E-state index contributed by atoms with van der Waals surface area (Å²) in [6, 6.07) is 19.7. The third-order valence-corrected chi connectivity index (χ3v) is 3.20. The van der Waals surface area contributed by atoms with E-state index >= 15 is 0 Å². The van der Waals surface area contributed by atoms with E-state index in [-0.39, 0.29) is 11.5 Å². The summed E-state index contributed by atoms with van der Waals surface area (Å²) in [4.78, 5) is 13.9. The lowest BCUT2D eigenvalue weighted by atomic mass is 10.2. The summed E-state index contributed by atoms with van der Waals surface area (Å²) in [6.45, 7) is 0. The molecule has 1 amide bonds. The van der Waals surface area contributed by atoms with E-state index in [0.29, 0.717) is 5.56 Å². The van der Waals surface area contributed by atoms with E-state index < -0.39 is 0 Å². The Balaban J connectivity index is 2.11. The van der Waals surface area contributed by atoms with Crippen LogP contribution in [0.4, 0.5) is 11.4 Å². The molecule has 23 heavy (non-hydrogen) atoms. The molecule has 0 saturated heterocycles. The molecule has 112 valence electrons. The summed E-state index contributed by atoms with van der Waals surface area (Å²) >= 11 is 0. The summed E-state index contributed by atoms with van der Waals surface area (Å²) in [6.07, 6.45) is 1.34. The molecule has 0 aliphatic rings. The van der Waals surface area contributed by atoms with Crippen molar-refractivity contribution >= 4 is 17.3 Å². The molecule has 2 aromatic rings. The predicted molar refractivity (Wildman–Crippen MR) is 88.5 cm³/mol. The van der Waals surface area contributed by atoms with E-state index in [1.165, 1.54) is 6.20 Å². The van der Waals surface area contributed by atoms with Gasteiger partial charge in [0.05, 0.1) is 0 Å². The summed E-state index contributed by atoms with van der Waals surface area (Å²) in [5, 5.41) is 20.2. The van der Waals surface area contributed by atoms with Crippen molar-refractivity contribution in [3.63, 3.8) is 0 Å². The topological polar surface area (TPSA) is 79.9 Å². The number of hydrogen-bond donors (Lipinski definition) is 1. The van der Waals surface area contributed by atoms with Gasteiger partial charge in [-0.2, -0.15) is 10.5 Å². The van der Waals surface area contributed by atoms with Crippen LogP contribution < -0.4 is 10.2 Å². The maximum atomic E-state index is 12.4. The van der Waals surface area contributed by atoms with Gasteiger partial charge in [-0.15, -0.1) is 0 Å². The smallest absolute Gasteiger partial charge is 0.258 e. The SMILES string of the molecule is CN(C(=O)c1ccccc1)c1ccc(NC=C(C#N)C#N)cc1. The first-order valence-corrected chi connectivity index (χ1v) is 6.86. The van der Waals surface area contributed by atoms with Crippen LogP contribution >= 0.6 is 0 Å². The van der Waals surface area contributed by atoms with Crippen molar-refractivity contribution in [1.82, 2.24) is 0 Å². The number of rotatable bonds is 4. The Morgan fingerprint density at radius 3 is 2.22 bits per heavy atom. The first-order valence-electron chi connectivity index (χ1n) is 6.86. The van der Waals surface area contributed by atoms with Crippen LogP contribution in [-0.4, -0.2) is 13.0 Å². The Hall–Kier alpha value is -3.57. The monoisotopic (exact) mass is 302 g/mol. The van der Waals surface area contributed by atoms with Crippen molar-refractivity contribution in [1.29, 1.82) is 10.5 Å². The highest BCUT2D eigenvalue weighted by Crippen LogP contribution is 2.19. The highest BCUT2D eigenvalue weighted by Gasteiger charge is 2.12. The molecule has 0 heterocycles.